The van der Waals surface area contributed by atoms with Crippen molar-refractivity contribution in [2.45, 2.75) is 33.2 Å². The highest BCUT2D eigenvalue weighted by Gasteiger charge is 2.17. The van der Waals surface area contributed by atoms with E-state index >= 15 is 0 Å². The molecule has 6 heteroatoms. The van der Waals surface area contributed by atoms with Gasteiger partial charge in [0.15, 0.2) is 5.13 Å². The lowest BCUT2D eigenvalue weighted by Crippen LogP contribution is -2.40. The number of esters is 1. The van der Waals surface area contributed by atoms with Gasteiger partial charge in [0.05, 0.1) is 18.7 Å². The third-order valence-corrected chi connectivity index (χ3v) is 3.84. The molecule has 0 radical (unpaired) electrons. The Labute approximate surface area is 125 Å². The standard InChI is InChI=1S/C14H25N3O2S/c1-6-17(11(3)9-16(4)5)14-15-12(10-20-14)8-13(18)19-7-2/h10-11H,6-9H2,1-5H3. The van der Waals surface area contributed by atoms with E-state index in [0.29, 0.717) is 12.6 Å². The average Bonchev–Trinajstić information content (AvgIpc) is 2.77. The van der Waals surface area contributed by atoms with Gasteiger partial charge in [0.1, 0.15) is 0 Å². The van der Waals surface area contributed by atoms with Crippen molar-refractivity contribution in [1.82, 2.24) is 9.88 Å². The third kappa shape index (κ3) is 5.09. The van der Waals surface area contributed by atoms with Gasteiger partial charge < -0.3 is 14.5 Å². The van der Waals surface area contributed by atoms with E-state index < -0.39 is 0 Å². The second-order valence-corrected chi connectivity index (χ2v) is 5.84. The van der Waals surface area contributed by atoms with Crippen LogP contribution in [-0.2, 0) is 16.0 Å². The summed E-state index contributed by atoms with van der Waals surface area (Å²) in [7, 11) is 4.14. The number of nitrogens with zero attached hydrogens (tertiary/aromatic N) is 3. The van der Waals surface area contributed by atoms with Crippen molar-refractivity contribution in [3.8, 4) is 0 Å². The summed E-state index contributed by atoms with van der Waals surface area (Å²) in [6.07, 6.45) is 0.254. The molecule has 20 heavy (non-hydrogen) atoms. The number of hydrogen-bond donors (Lipinski definition) is 0. The summed E-state index contributed by atoms with van der Waals surface area (Å²) in [5, 5.41) is 2.92. The Balaban J connectivity index is 2.70. The Morgan fingerprint density at radius 1 is 1.45 bits per heavy atom. The van der Waals surface area contributed by atoms with E-state index in [9.17, 15) is 4.79 Å². The van der Waals surface area contributed by atoms with E-state index in [1.165, 1.54) is 0 Å². The summed E-state index contributed by atoms with van der Waals surface area (Å²) in [4.78, 5) is 20.5. The number of ether oxygens (including phenoxy) is 1. The molecule has 0 aliphatic rings. The normalized spacial score (nSPS) is 12.5. The molecule has 5 nitrogen and oxygen atoms in total. The lowest BCUT2D eigenvalue weighted by Gasteiger charge is -2.29. The van der Waals surface area contributed by atoms with E-state index in [1.807, 2.05) is 12.3 Å². The van der Waals surface area contributed by atoms with Crippen molar-refractivity contribution in [3.05, 3.63) is 11.1 Å². The summed E-state index contributed by atoms with van der Waals surface area (Å²) in [6, 6.07) is 0.386. The Kier molecular flexibility index (Phi) is 6.95. The first-order chi connectivity index (χ1) is 9.47. The Bertz CT molecular complexity index is 420. The molecule has 0 aliphatic carbocycles. The lowest BCUT2D eigenvalue weighted by atomic mass is 10.3. The van der Waals surface area contributed by atoms with E-state index in [0.717, 1.165) is 23.9 Å². The maximum absolute atomic E-state index is 11.5. The van der Waals surface area contributed by atoms with Gasteiger partial charge in [-0.3, -0.25) is 4.79 Å². The minimum atomic E-state index is -0.214. The van der Waals surface area contributed by atoms with Crippen LogP contribution in [0.25, 0.3) is 0 Å². The predicted molar refractivity (Wildman–Crippen MR) is 83.5 cm³/mol. The van der Waals surface area contributed by atoms with Crippen LogP contribution in [0.3, 0.4) is 0 Å². The minimum absolute atomic E-state index is 0.214. The highest BCUT2D eigenvalue weighted by Crippen LogP contribution is 2.23. The lowest BCUT2D eigenvalue weighted by molar-refractivity contribution is -0.142. The van der Waals surface area contributed by atoms with Crippen molar-refractivity contribution < 1.29 is 9.53 Å². The first-order valence-electron chi connectivity index (χ1n) is 6.99. The third-order valence-electron chi connectivity index (χ3n) is 2.92. The molecule has 0 spiro atoms. The van der Waals surface area contributed by atoms with Crippen molar-refractivity contribution in [3.63, 3.8) is 0 Å². The quantitative estimate of drug-likeness (QED) is 0.687. The first kappa shape index (κ1) is 16.9. The van der Waals surface area contributed by atoms with Crippen LogP contribution in [-0.4, -0.2) is 55.7 Å². The molecule has 0 aromatic carbocycles. The number of thiazole rings is 1. The maximum atomic E-state index is 11.5. The smallest absolute Gasteiger partial charge is 0.311 e. The predicted octanol–water partition coefficient (Wildman–Crippen LogP) is 2.03. The number of carbonyl (C=O) groups is 1. The maximum Gasteiger partial charge on any atom is 0.311 e. The highest BCUT2D eigenvalue weighted by molar-refractivity contribution is 7.13. The zero-order valence-electron chi connectivity index (χ0n) is 13.0. The molecule has 0 aliphatic heterocycles. The minimum Gasteiger partial charge on any atom is -0.466 e. The van der Waals surface area contributed by atoms with Gasteiger partial charge in [0.25, 0.3) is 0 Å². The van der Waals surface area contributed by atoms with Gasteiger partial charge in [-0.15, -0.1) is 11.3 Å². The van der Waals surface area contributed by atoms with Gasteiger partial charge in [0.2, 0.25) is 0 Å². The molecule has 1 rings (SSSR count). The highest BCUT2D eigenvalue weighted by atomic mass is 32.1. The molecule has 1 atom stereocenters. The van der Waals surface area contributed by atoms with Crippen LogP contribution >= 0.6 is 11.3 Å². The van der Waals surface area contributed by atoms with Crippen LogP contribution in [0.1, 0.15) is 26.5 Å². The fourth-order valence-corrected chi connectivity index (χ4v) is 3.12. The van der Waals surface area contributed by atoms with Crippen molar-refractivity contribution in [1.29, 1.82) is 0 Å². The van der Waals surface area contributed by atoms with Crippen LogP contribution in [0.2, 0.25) is 0 Å². The fourth-order valence-electron chi connectivity index (χ4n) is 2.13. The molecule has 0 saturated heterocycles. The second-order valence-electron chi connectivity index (χ2n) is 5.00. The van der Waals surface area contributed by atoms with Crippen molar-refractivity contribution in [2.24, 2.45) is 0 Å². The number of carbonyl (C=O) groups excluding carboxylic acids is 1. The van der Waals surface area contributed by atoms with Gasteiger partial charge in [-0.25, -0.2) is 4.98 Å². The molecule has 1 aromatic rings. The van der Waals surface area contributed by atoms with E-state index in [-0.39, 0.29) is 12.4 Å². The van der Waals surface area contributed by atoms with Gasteiger partial charge in [0, 0.05) is 24.5 Å². The van der Waals surface area contributed by atoms with Crippen LogP contribution in [0.4, 0.5) is 5.13 Å². The Morgan fingerprint density at radius 2 is 2.15 bits per heavy atom. The van der Waals surface area contributed by atoms with E-state index in [1.54, 1.807) is 11.3 Å². The Morgan fingerprint density at radius 3 is 2.70 bits per heavy atom. The molecule has 0 amide bonds. The zero-order chi connectivity index (χ0) is 15.1. The monoisotopic (exact) mass is 299 g/mol. The summed E-state index contributed by atoms with van der Waals surface area (Å²) < 4.78 is 4.95. The summed E-state index contributed by atoms with van der Waals surface area (Å²) in [5.74, 6) is -0.214. The van der Waals surface area contributed by atoms with Crippen molar-refractivity contribution >= 4 is 22.4 Å². The van der Waals surface area contributed by atoms with Crippen LogP contribution in [0.5, 0.6) is 0 Å². The molecule has 0 saturated carbocycles. The number of likely N-dealkylation sites (N-methyl/N-ethyl adjacent to an activating group) is 2. The van der Waals surface area contributed by atoms with Gasteiger partial charge in [-0.2, -0.15) is 0 Å². The SMILES string of the molecule is CCOC(=O)Cc1csc(N(CC)C(C)CN(C)C)n1. The number of rotatable bonds is 8. The molecule has 0 fully saturated rings. The molecule has 1 heterocycles. The molecule has 0 N–H and O–H groups in total. The van der Waals surface area contributed by atoms with Crippen LogP contribution in [0.15, 0.2) is 5.38 Å². The van der Waals surface area contributed by atoms with Gasteiger partial charge in [-0.05, 0) is 34.9 Å². The van der Waals surface area contributed by atoms with Crippen molar-refractivity contribution in [2.75, 3.05) is 38.7 Å². The largest absolute Gasteiger partial charge is 0.466 e. The molecular formula is C14H25N3O2S. The van der Waals surface area contributed by atoms with E-state index in [4.69, 9.17) is 4.74 Å². The van der Waals surface area contributed by atoms with Gasteiger partial charge >= 0.3 is 5.97 Å². The molecule has 114 valence electrons. The summed E-state index contributed by atoms with van der Waals surface area (Å²) in [6.45, 7) is 8.42. The van der Waals surface area contributed by atoms with Gasteiger partial charge in [-0.1, -0.05) is 0 Å². The number of aromatic nitrogens is 1. The van der Waals surface area contributed by atoms with E-state index in [2.05, 4.69) is 42.7 Å². The fraction of sp³-hybridized carbons (Fsp3) is 0.714. The van der Waals surface area contributed by atoms with Crippen LogP contribution in [0, 0.1) is 0 Å². The first-order valence-corrected chi connectivity index (χ1v) is 7.87. The molecule has 0 bridgehead atoms. The topological polar surface area (TPSA) is 45.7 Å². The molecule has 1 aromatic heterocycles. The summed E-state index contributed by atoms with van der Waals surface area (Å²) >= 11 is 1.59. The van der Waals surface area contributed by atoms with Crippen LogP contribution < -0.4 is 4.90 Å². The summed E-state index contributed by atoms with van der Waals surface area (Å²) in [5.41, 5.74) is 0.791. The second kappa shape index (κ2) is 8.21. The Hall–Kier alpha value is -1.14. The number of anilines is 1. The molecular weight excluding hydrogens is 274 g/mol. The number of hydrogen-bond acceptors (Lipinski definition) is 6. The molecule has 1 unspecified atom stereocenters. The average molecular weight is 299 g/mol. The zero-order valence-corrected chi connectivity index (χ0v) is 13.9.